The van der Waals surface area contributed by atoms with Gasteiger partial charge in [0.05, 0.1) is 11.6 Å². The van der Waals surface area contributed by atoms with Crippen molar-refractivity contribution in [1.82, 2.24) is 4.98 Å². The highest BCUT2D eigenvalue weighted by Gasteiger charge is 2.09. The third-order valence-corrected chi connectivity index (χ3v) is 3.51. The van der Waals surface area contributed by atoms with Gasteiger partial charge in [0.25, 0.3) is 0 Å². The van der Waals surface area contributed by atoms with E-state index in [4.69, 9.17) is 16.3 Å². The van der Waals surface area contributed by atoms with Crippen LogP contribution < -0.4 is 4.74 Å². The SMILES string of the molecule is Cc1cc(Oc2nc(CCl)cc3ccccc23)ccc1F. The maximum absolute atomic E-state index is 13.3. The first-order valence-electron chi connectivity index (χ1n) is 6.56. The summed E-state index contributed by atoms with van der Waals surface area (Å²) in [6, 6.07) is 14.4. The third-order valence-electron chi connectivity index (χ3n) is 3.24. The Hall–Kier alpha value is -2.13. The number of ether oxygens (including phenoxy) is 1. The van der Waals surface area contributed by atoms with E-state index in [1.807, 2.05) is 30.3 Å². The Kier molecular flexibility index (Phi) is 3.76. The van der Waals surface area contributed by atoms with E-state index in [0.717, 1.165) is 16.5 Å². The molecule has 0 aliphatic rings. The fourth-order valence-electron chi connectivity index (χ4n) is 2.16. The molecule has 0 unspecified atom stereocenters. The molecule has 0 aliphatic carbocycles. The van der Waals surface area contributed by atoms with Crippen molar-refractivity contribution in [3.05, 3.63) is 65.6 Å². The minimum absolute atomic E-state index is 0.255. The number of aryl methyl sites for hydroxylation is 1. The van der Waals surface area contributed by atoms with E-state index >= 15 is 0 Å². The average molecular weight is 302 g/mol. The highest BCUT2D eigenvalue weighted by Crippen LogP contribution is 2.30. The molecule has 1 aromatic heterocycles. The smallest absolute Gasteiger partial charge is 0.227 e. The molecule has 0 spiro atoms. The van der Waals surface area contributed by atoms with Gasteiger partial charge in [0, 0.05) is 5.39 Å². The van der Waals surface area contributed by atoms with Crippen LogP contribution in [0, 0.1) is 12.7 Å². The molecule has 0 atom stereocenters. The van der Waals surface area contributed by atoms with Crippen molar-refractivity contribution in [2.75, 3.05) is 0 Å². The summed E-state index contributed by atoms with van der Waals surface area (Å²) >= 11 is 5.88. The molecule has 0 saturated carbocycles. The average Bonchev–Trinajstić information content (AvgIpc) is 2.51. The molecular weight excluding hydrogens is 289 g/mol. The molecule has 0 bridgehead atoms. The Balaban J connectivity index is 2.08. The number of hydrogen-bond donors (Lipinski definition) is 0. The fourth-order valence-corrected chi connectivity index (χ4v) is 2.30. The topological polar surface area (TPSA) is 22.1 Å². The molecule has 2 nitrogen and oxygen atoms in total. The summed E-state index contributed by atoms with van der Waals surface area (Å²) in [6.45, 7) is 1.70. The first-order valence-corrected chi connectivity index (χ1v) is 7.09. The monoisotopic (exact) mass is 301 g/mol. The molecule has 0 aliphatic heterocycles. The normalized spacial score (nSPS) is 10.8. The van der Waals surface area contributed by atoms with Gasteiger partial charge in [-0.25, -0.2) is 9.37 Å². The van der Waals surface area contributed by atoms with Crippen LogP contribution in [0.2, 0.25) is 0 Å². The van der Waals surface area contributed by atoms with E-state index in [0.29, 0.717) is 23.1 Å². The Labute approximate surface area is 127 Å². The van der Waals surface area contributed by atoms with Crippen LogP contribution in [-0.2, 0) is 5.88 Å². The molecule has 0 fully saturated rings. The highest BCUT2D eigenvalue weighted by molar-refractivity contribution is 6.17. The van der Waals surface area contributed by atoms with E-state index < -0.39 is 0 Å². The van der Waals surface area contributed by atoms with Gasteiger partial charge < -0.3 is 4.74 Å². The molecule has 3 aromatic rings. The molecule has 0 amide bonds. The molecule has 21 heavy (non-hydrogen) atoms. The van der Waals surface area contributed by atoms with Crippen LogP contribution in [0.4, 0.5) is 4.39 Å². The molecule has 2 aromatic carbocycles. The van der Waals surface area contributed by atoms with Crippen LogP contribution in [-0.4, -0.2) is 4.98 Å². The maximum Gasteiger partial charge on any atom is 0.227 e. The summed E-state index contributed by atoms with van der Waals surface area (Å²) in [6.07, 6.45) is 0. The lowest BCUT2D eigenvalue weighted by molar-refractivity contribution is 0.465. The number of hydrogen-bond acceptors (Lipinski definition) is 2. The summed E-state index contributed by atoms with van der Waals surface area (Å²) < 4.78 is 19.2. The van der Waals surface area contributed by atoms with Crippen molar-refractivity contribution in [3.63, 3.8) is 0 Å². The van der Waals surface area contributed by atoms with Gasteiger partial charge in [-0.15, -0.1) is 11.6 Å². The van der Waals surface area contributed by atoms with Crippen LogP contribution in [0.3, 0.4) is 0 Å². The number of aromatic nitrogens is 1. The van der Waals surface area contributed by atoms with Crippen molar-refractivity contribution < 1.29 is 9.13 Å². The molecular formula is C17H13ClFNO. The third kappa shape index (κ3) is 2.83. The second-order valence-electron chi connectivity index (χ2n) is 4.79. The van der Waals surface area contributed by atoms with Crippen molar-refractivity contribution in [1.29, 1.82) is 0 Å². The maximum atomic E-state index is 13.3. The first kappa shape index (κ1) is 13.8. The molecule has 106 valence electrons. The predicted molar refractivity (Wildman–Crippen MR) is 82.5 cm³/mol. The van der Waals surface area contributed by atoms with Gasteiger partial charge in [0.2, 0.25) is 5.88 Å². The van der Waals surface area contributed by atoms with Crippen molar-refractivity contribution in [2.45, 2.75) is 12.8 Å². The second-order valence-corrected chi connectivity index (χ2v) is 5.05. The lowest BCUT2D eigenvalue weighted by Gasteiger charge is -2.10. The number of alkyl halides is 1. The quantitative estimate of drug-likeness (QED) is 0.619. The number of nitrogens with zero attached hydrogens (tertiary/aromatic N) is 1. The van der Waals surface area contributed by atoms with Crippen molar-refractivity contribution >= 4 is 22.4 Å². The zero-order valence-corrected chi connectivity index (χ0v) is 12.2. The Morgan fingerprint density at radius 1 is 1.14 bits per heavy atom. The highest BCUT2D eigenvalue weighted by atomic mass is 35.5. The van der Waals surface area contributed by atoms with Gasteiger partial charge in [-0.3, -0.25) is 0 Å². The second kappa shape index (κ2) is 5.70. The lowest BCUT2D eigenvalue weighted by atomic mass is 10.1. The largest absolute Gasteiger partial charge is 0.438 e. The van der Waals surface area contributed by atoms with Crippen LogP contribution in [0.1, 0.15) is 11.3 Å². The minimum Gasteiger partial charge on any atom is -0.438 e. The fraction of sp³-hybridized carbons (Fsp3) is 0.118. The Bertz CT molecular complexity index is 804. The van der Waals surface area contributed by atoms with E-state index in [2.05, 4.69) is 4.98 Å². The van der Waals surface area contributed by atoms with Crippen LogP contribution in [0.15, 0.2) is 48.5 Å². The van der Waals surface area contributed by atoms with E-state index in [9.17, 15) is 4.39 Å². The molecule has 0 radical (unpaired) electrons. The number of fused-ring (bicyclic) bond motifs is 1. The lowest BCUT2D eigenvalue weighted by Crippen LogP contribution is -1.94. The zero-order chi connectivity index (χ0) is 14.8. The van der Waals surface area contributed by atoms with Crippen molar-refractivity contribution in [2.24, 2.45) is 0 Å². The van der Waals surface area contributed by atoms with Crippen LogP contribution in [0.25, 0.3) is 10.8 Å². The van der Waals surface area contributed by atoms with Gasteiger partial charge in [0.1, 0.15) is 11.6 Å². The van der Waals surface area contributed by atoms with Crippen LogP contribution >= 0.6 is 11.6 Å². The Morgan fingerprint density at radius 2 is 1.95 bits per heavy atom. The van der Waals surface area contributed by atoms with E-state index in [1.165, 1.54) is 6.07 Å². The van der Waals surface area contributed by atoms with E-state index in [1.54, 1.807) is 19.1 Å². The molecule has 0 saturated heterocycles. The van der Waals surface area contributed by atoms with Gasteiger partial charge in [-0.1, -0.05) is 18.2 Å². The zero-order valence-electron chi connectivity index (χ0n) is 11.4. The summed E-state index contributed by atoms with van der Waals surface area (Å²) in [5.41, 5.74) is 1.27. The number of pyridine rings is 1. The number of rotatable bonds is 3. The molecule has 4 heteroatoms. The van der Waals surface area contributed by atoms with Crippen molar-refractivity contribution in [3.8, 4) is 11.6 Å². The van der Waals surface area contributed by atoms with Gasteiger partial charge in [-0.05, 0) is 48.2 Å². The Morgan fingerprint density at radius 3 is 2.71 bits per heavy atom. The summed E-state index contributed by atoms with van der Waals surface area (Å²) in [5.74, 6) is 1.09. The predicted octanol–water partition coefficient (Wildman–Crippen LogP) is 5.21. The number of halogens is 2. The van der Waals surface area contributed by atoms with Gasteiger partial charge in [0.15, 0.2) is 0 Å². The molecule has 1 heterocycles. The summed E-state index contributed by atoms with van der Waals surface area (Å²) in [7, 11) is 0. The minimum atomic E-state index is -0.255. The van der Waals surface area contributed by atoms with Crippen LogP contribution in [0.5, 0.6) is 11.6 Å². The molecule has 0 N–H and O–H groups in total. The van der Waals surface area contributed by atoms with E-state index in [-0.39, 0.29) is 5.82 Å². The molecule has 3 rings (SSSR count). The summed E-state index contributed by atoms with van der Waals surface area (Å²) in [5, 5.41) is 1.91. The number of benzene rings is 2. The van der Waals surface area contributed by atoms with Gasteiger partial charge >= 0.3 is 0 Å². The summed E-state index contributed by atoms with van der Waals surface area (Å²) in [4.78, 5) is 4.42. The first-order chi connectivity index (χ1) is 10.2. The standard InChI is InChI=1S/C17H13ClFNO/c1-11-8-14(6-7-16(11)19)21-17-15-5-3-2-4-12(15)9-13(10-18)20-17/h2-9H,10H2,1H3. The van der Waals surface area contributed by atoms with Gasteiger partial charge in [-0.2, -0.15) is 0 Å².